The van der Waals surface area contributed by atoms with Crippen molar-refractivity contribution in [3.8, 4) is 0 Å². The average molecular weight is 272 g/mol. The Hall–Kier alpha value is -2.07. The molecule has 0 aliphatic rings. The summed E-state index contributed by atoms with van der Waals surface area (Å²) in [5, 5.41) is 6.23. The van der Waals surface area contributed by atoms with Gasteiger partial charge in [-0.25, -0.2) is 0 Å². The molecule has 2 rings (SSSR count). The zero-order valence-electron chi connectivity index (χ0n) is 11.8. The maximum atomic E-state index is 11.3. The first kappa shape index (κ1) is 14.3. The van der Waals surface area contributed by atoms with Gasteiger partial charge in [0, 0.05) is 18.2 Å². The Morgan fingerprint density at radius 3 is 2.60 bits per heavy atom. The molecule has 1 atom stereocenters. The third kappa shape index (κ3) is 3.96. The van der Waals surface area contributed by atoms with Crippen molar-refractivity contribution in [2.75, 3.05) is 5.32 Å². The van der Waals surface area contributed by atoms with Gasteiger partial charge < -0.3 is 15.1 Å². The summed E-state index contributed by atoms with van der Waals surface area (Å²) in [5.74, 6) is 0.949. The van der Waals surface area contributed by atoms with Crippen LogP contribution in [0.2, 0.25) is 0 Å². The minimum atomic E-state index is 0.0294. The number of carbonyl (C=O) groups excluding carboxylic acids is 1. The monoisotopic (exact) mass is 272 g/mol. The predicted molar refractivity (Wildman–Crippen MR) is 79.3 cm³/mol. The van der Waals surface area contributed by atoms with Crippen LogP contribution in [0.25, 0.3) is 0 Å². The lowest BCUT2D eigenvalue weighted by molar-refractivity contribution is -0.115. The fraction of sp³-hybridized carbons (Fsp3) is 0.312. The SMILES string of the molecule is CCC(=O)Nc1ccc(C(C)NCc2ccco2)cc1. The zero-order chi connectivity index (χ0) is 14.4. The van der Waals surface area contributed by atoms with Crippen LogP contribution in [0.5, 0.6) is 0 Å². The minimum Gasteiger partial charge on any atom is -0.468 e. The van der Waals surface area contributed by atoms with Crippen LogP contribution in [0.1, 0.15) is 37.6 Å². The fourth-order valence-corrected chi connectivity index (χ4v) is 1.89. The van der Waals surface area contributed by atoms with Crippen LogP contribution in [0.15, 0.2) is 47.1 Å². The molecule has 20 heavy (non-hydrogen) atoms. The molecule has 0 radical (unpaired) electrons. The lowest BCUT2D eigenvalue weighted by atomic mass is 10.1. The number of anilines is 1. The number of benzene rings is 1. The number of hydrogen-bond donors (Lipinski definition) is 2. The smallest absolute Gasteiger partial charge is 0.224 e. The number of hydrogen-bond acceptors (Lipinski definition) is 3. The third-order valence-electron chi connectivity index (χ3n) is 3.18. The van der Waals surface area contributed by atoms with Gasteiger partial charge in [0.2, 0.25) is 5.91 Å². The van der Waals surface area contributed by atoms with E-state index >= 15 is 0 Å². The Bertz CT molecular complexity index is 532. The van der Waals surface area contributed by atoms with E-state index in [-0.39, 0.29) is 11.9 Å². The number of nitrogens with one attached hydrogen (secondary N) is 2. The summed E-state index contributed by atoms with van der Waals surface area (Å²) < 4.78 is 5.28. The van der Waals surface area contributed by atoms with Gasteiger partial charge in [0.25, 0.3) is 0 Å². The van der Waals surface area contributed by atoms with Crippen LogP contribution in [-0.4, -0.2) is 5.91 Å². The molecule has 0 fully saturated rings. The van der Waals surface area contributed by atoms with E-state index in [0.29, 0.717) is 13.0 Å². The second-order valence-electron chi connectivity index (χ2n) is 4.71. The largest absolute Gasteiger partial charge is 0.468 e. The van der Waals surface area contributed by atoms with Gasteiger partial charge in [-0.2, -0.15) is 0 Å². The molecule has 0 spiro atoms. The molecular weight excluding hydrogens is 252 g/mol. The highest BCUT2D eigenvalue weighted by molar-refractivity contribution is 5.90. The van der Waals surface area contributed by atoms with Crippen molar-refractivity contribution in [1.82, 2.24) is 5.32 Å². The molecule has 1 aromatic carbocycles. The van der Waals surface area contributed by atoms with Gasteiger partial charge in [0.05, 0.1) is 12.8 Å². The lowest BCUT2D eigenvalue weighted by Gasteiger charge is -2.14. The molecule has 1 heterocycles. The van der Waals surface area contributed by atoms with Crippen LogP contribution >= 0.6 is 0 Å². The van der Waals surface area contributed by atoms with Gasteiger partial charge in [0.1, 0.15) is 5.76 Å². The molecule has 0 aliphatic heterocycles. The molecule has 0 saturated carbocycles. The average Bonchev–Trinajstić information content (AvgIpc) is 2.98. The Morgan fingerprint density at radius 2 is 2.00 bits per heavy atom. The lowest BCUT2D eigenvalue weighted by Crippen LogP contribution is -2.17. The number of furan rings is 1. The van der Waals surface area contributed by atoms with E-state index in [2.05, 4.69) is 17.6 Å². The molecule has 4 nitrogen and oxygen atoms in total. The summed E-state index contributed by atoms with van der Waals surface area (Å²) in [4.78, 5) is 11.3. The van der Waals surface area contributed by atoms with E-state index in [0.717, 1.165) is 11.4 Å². The Kier molecular flexibility index (Phi) is 4.96. The van der Waals surface area contributed by atoms with Gasteiger partial charge in [0.15, 0.2) is 0 Å². The molecule has 4 heteroatoms. The second-order valence-corrected chi connectivity index (χ2v) is 4.71. The van der Waals surface area contributed by atoms with Crippen molar-refractivity contribution in [1.29, 1.82) is 0 Å². The first-order valence-electron chi connectivity index (χ1n) is 6.84. The summed E-state index contributed by atoms with van der Waals surface area (Å²) in [7, 11) is 0. The highest BCUT2D eigenvalue weighted by atomic mass is 16.3. The number of carbonyl (C=O) groups is 1. The summed E-state index contributed by atoms with van der Waals surface area (Å²) in [6.45, 7) is 4.63. The number of amides is 1. The Balaban J connectivity index is 1.90. The van der Waals surface area contributed by atoms with Crippen molar-refractivity contribution in [2.45, 2.75) is 32.9 Å². The summed E-state index contributed by atoms with van der Waals surface area (Å²) in [6, 6.07) is 11.9. The van der Waals surface area contributed by atoms with Gasteiger partial charge in [-0.1, -0.05) is 19.1 Å². The zero-order valence-corrected chi connectivity index (χ0v) is 11.8. The molecule has 0 bridgehead atoms. The van der Waals surface area contributed by atoms with Crippen LogP contribution in [-0.2, 0) is 11.3 Å². The molecule has 106 valence electrons. The van der Waals surface area contributed by atoms with E-state index in [9.17, 15) is 4.79 Å². The fourth-order valence-electron chi connectivity index (χ4n) is 1.89. The Morgan fingerprint density at radius 1 is 1.25 bits per heavy atom. The minimum absolute atomic E-state index is 0.0294. The molecule has 2 N–H and O–H groups in total. The topological polar surface area (TPSA) is 54.3 Å². The van der Waals surface area contributed by atoms with Crippen LogP contribution < -0.4 is 10.6 Å². The van der Waals surface area contributed by atoms with Crippen LogP contribution in [0, 0.1) is 0 Å². The first-order chi connectivity index (χ1) is 9.69. The van der Waals surface area contributed by atoms with Crippen molar-refractivity contribution in [3.63, 3.8) is 0 Å². The summed E-state index contributed by atoms with van der Waals surface area (Å²) in [5.41, 5.74) is 2.00. The molecule has 0 saturated heterocycles. The van der Waals surface area contributed by atoms with E-state index in [1.165, 1.54) is 5.56 Å². The third-order valence-corrected chi connectivity index (χ3v) is 3.18. The maximum Gasteiger partial charge on any atom is 0.224 e. The van der Waals surface area contributed by atoms with Crippen molar-refractivity contribution >= 4 is 11.6 Å². The van der Waals surface area contributed by atoms with E-state index in [4.69, 9.17) is 4.42 Å². The molecule has 1 amide bonds. The highest BCUT2D eigenvalue weighted by Gasteiger charge is 2.06. The van der Waals surface area contributed by atoms with Crippen molar-refractivity contribution < 1.29 is 9.21 Å². The number of rotatable bonds is 6. The molecular formula is C16H20N2O2. The van der Waals surface area contributed by atoms with Gasteiger partial charge in [-0.15, -0.1) is 0 Å². The van der Waals surface area contributed by atoms with Gasteiger partial charge in [-0.3, -0.25) is 4.79 Å². The maximum absolute atomic E-state index is 11.3. The standard InChI is InChI=1S/C16H20N2O2/c1-3-16(19)18-14-8-6-13(7-9-14)12(2)17-11-15-5-4-10-20-15/h4-10,12,17H,3,11H2,1-2H3,(H,18,19). The second kappa shape index (κ2) is 6.91. The normalized spacial score (nSPS) is 12.1. The summed E-state index contributed by atoms with van der Waals surface area (Å²) >= 11 is 0. The quantitative estimate of drug-likeness (QED) is 0.846. The molecule has 1 aromatic heterocycles. The Labute approximate surface area is 119 Å². The first-order valence-corrected chi connectivity index (χ1v) is 6.84. The summed E-state index contributed by atoms with van der Waals surface area (Å²) in [6.07, 6.45) is 2.16. The van der Waals surface area contributed by atoms with Crippen molar-refractivity contribution in [2.24, 2.45) is 0 Å². The molecule has 2 aromatic rings. The van der Waals surface area contributed by atoms with Crippen LogP contribution in [0.4, 0.5) is 5.69 Å². The molecule has 0 aliphatic carbocycles. The highest BCUT2D eigenvalue weighted by Crippen LogP contribution is 2.17. The van der Waals surface area contributed by atoms with Crippen LogP contribution in [0.3, 0.4) is 0 Å². The van der Waals surface area contributed by atoms with Crippen molar-refractivity contribution in [3.05, 3.63) is 54.0 Å². The van der Waals surface area contributed by atoms with E-state index < -0.39 is 0 Å². The van der Waals surface area contributed by atoms with E-state index in [1.54, 1.807) is 6.26 Å². The van der Waals surface area contributed by atoms with E-state index in [1.807, 2.05) is 43.3 Å². The van der Waals surface area contributed by atoms with Gasteiger partial charge >= 0.3 is 0 Å². The molecule has 1 unspecified atom stereocenters. The van der Waals surface area contributed by atoms with Gasteiger partial charge in [-0.05, 0) is 36.8 Å². The predicted octanol–water partition coefficient (Wildman–Crippen LogP) is 3.48.